The van der Waals surface area contributed by atoms with Gasteiger partial charge in [0.25, 0.3) is 11.9 Å². The summed E-state index contributed by atoms with van der Waals surface area (Å²) in [4.78, 5) is 13.6. The van der Waals surface area contributed by atoms with E-state index >= 15 is 0 Å². The Balaban J connectivity index is 1.73. The van der Waals surface area contributed by atoms with E-state index in [0.717, 1.165) is 4.68 Å². The van der Waals surface area contributed by atoms with E-state index < -0.39 is 23.5 Å². The van der Waals surface area contributed by atoms with Gasteiger partial charge in [-0.25, -0.2) is 4.68 Å². The van der Waals surface area contributed by atoms with E-state index in [2.05, 4.69) is 10.4 Å². The van der Waals surface area contributed by atoms with Gasteiger partial charge in [-0.2, -0.15) is 14.0 Å². The molecule has 0 aliphatic carbocycles. The van der Waals surface area contributed by atoms with E-state index in [1.807, 2.05) is 6.19 Å². The fourth-order valence-electron chi connectivity index (χ4n) is 2.73. The van der Waals surface area contributed by atoms with Gasteiger partial charge in [0.1, 0.15) is 0 Å². The number of aromatic nitrogens is 2. The van der Waals surface area contributed by atoms with Gasteiger partial charge in [-0.05, 0) is 24.5 Å². The Labute approximate surface area is 137 Å². The van der Waals surface area contributed by atoms with Crippen molar-refractivity contribution in [3.8, 4) is 6.19 Å². The zero-order chi connectivity index (χ0) is 17.1. The molecule has 1 aromatic heterocycles. The molecule has 1 N–H and O–H groups in total. The summed E-state index contributed by atoms with van der Waals surface area (Å²) in [6.45, 7) is 1.25. The number of rotatable bonds is 4. The molecule has 2 heterocycles. The van der Waals surface area contributed by atoms with Crippen molar-refractivity contribution < 1.29 is 13.6 Å². The maximum absolute atomic E-state index is 14.4. The number of hydrogen-bond acceptors (Lipinski definition) is 4. The monoisotopic (exact) mass is 331 g/mol. The highest BCUT2D eigenvalue weighted by Crippen LogP contribution is 2.23. The molecule has 1 amide bonds. The van der Waals surface area contributed by atoms with Crippen LogP contribution >= 0.6 is 0 Å². The summed E-state index contributed by atoms with van der Waals surface area (Å²) in [5.41, 5.74) is -0.261. The molecule has 0 radical (unpaired) electrons. The number of nitrogens with one attached hydrogen (secondary N) is 1. The minimum atomic E-state index is -1.06. The highest BCUT2D eigenvalue weighted by molar-refractivity contribution is 6.04. The number of nitrogens with zero attached hydrogens (tertiary/aromatic N) is 4. The Morgan fingerprint density at radius 2 is 2.12 bits per heavy atom. The third kappa shape index (κ3) is 3.20. The molecular formula is C16H15F2N5O. The molecule has 1 fully saturated rings. The van der Waals surface area contributed by atoms with Gasteiger partial charge in [-0.1, -0.05) is 18.2 Å². The minimum Gasteiger partial charge on any atom is -0.314 e. The van der Waals surface area contributed by atoms with Crippen LogP contribution in [0.15, 0.2) is 30.3 Å². The Morgan fingerprint density at radius 1 is 1.38 bits per heavy atom. The van der Waals surface area contributed by atoms with E-state index in [4.69, 9.17) is 5.26 Å². The summed E-state index contributed by atoms with van der Waals surface area (Å²) >= 11 is 0. The molecule has 0 saturated carbocycles. The van der Waals surface area contributed by atoms with Gasteiger partial charge in [-0.3, -0.25) is 4.79 Å². The maximum atomic E-state index is 14.4. The van der Waals surface area contributed by atoms with Crippen LogP contribution in [0.4, 0.5) is 14.5 Å². The van der Waals surface area contributed by atoms with Gasteiger partial charge in [0.2, 0.25) is 5.95 Å². The van der Waals surface area contributed by atoms with E-state index in [9.17, 15) is 13.6 Å². The first-order valence-corrected chi connectivity index (χ1v) is 7.51. The number of anilines is 1. The highest BCUT2D eigenvalue weighted by atomic mass is 19.1. The molecule has 0 bridgehead atoms. The smallest absolute Gasteiger partial charge is 0.259 e. The Morgan fingerprint density at radius 3 is 2.79 bits per heavy atom. The lowest BCUT2D eigenvalue weighted by atomic mass is 10.1. The van der Waals surface area contributed by atoms with Crippen molar-refractivity contribution in [1.82, 2.24) is 14.7 Å². The fraction of sp³-hybridized carbons (Fsp3) is 0.312. The average Bonchev–Trinajstić information content (AvgIpc) is 3.15. The summed E-state index contributed by atoms with van der Waals surface area (Å²) in [5, 5.41) is 14.6. The molecule has 6 nitrogen and oxygen atoms in total. The maximum Gasteiger partial charge on any atom is 0.259 e. The minimum absolute atomic E-state index is 0.0103. The van der Waals surface area contributed by atoms with Crippen molar-refractivity contribution in [1.29, 1.82) is 5.26 Å². The number of likely N-dealkylation sites (tertiary alicyclic amines) is 1. The van der Waals surface area contributed by atoms with Crippen molar-refractivity contribution in [2.24, 2.45) is 5.92 Å². The SMILES string of the molecule is N#CN1CC[C@@H](Cn2nc(F)c(NC(=O)c3ccccc3)c2F)C1. The Kier molecular flexibility index (Phi) is 4.42. The van der Waals surface area contributed by atoms with Crippen LogP contribution in [0.2, 0.25) is 0 Å². The molecular weight excluding hydrogens is 316 g/mol. The van der Waals surface area contributed by atoms with Crippen LogP contribution in [0.1, 0.15) is 16.8 Å². The predicted octanol–water partition coefficient (Wildman–Crippen LogP) is 2.22. The molecule has 24 heavy (non-hydrogen) atoms. The van der Waals surface area contributed by atoms with Crippen LogP contribution in [0.25, 0.3) is 0 Å². The van der Waals surface area contributed by atoms with Crippen LogP contribution in [0.5, 0.6) is 0 Å². The van der Waals surface area contributed by atoms with Gasteiger partial charge in [0, 0.05) is 25.2 Å². The summed E-state index contributed by atoms with van der Waals surface area (Å²) < 4.78 is 29.2. The van der Waals surface area contributed by atoms with Gasteiger partial charge in [0.15, 0.2) is 11.9 Å². The van der Waals surface area contributed by atoms with Crippen molar-refractivity contribution in [2.45, 2.75) is 13.0 Å². The second-order valence-corrected chi connectivity index (χ2v) is 5.66. The van der Waals surface area contributed by atoms with Crippen molar-refractivity contribution in [3.05, 3.63) is 47.8 Å². The highest BCUT2D eigenvalue weighted by Gasteiger charge is 2.26. The van der Waals surface area contributed by atoms with Gasteiger partial charge < -0.3 is 10.2 Å². The van der Waals surface area contributed by atoms with Crippen LogP contribution < -0.4 is 5.32 Å². The Hall–Kier alpha value is -2.95. The number of benzene rings is 1. The topological polar surface area (TPSA) is 74.0 Å². The van der Waals surface area contributed by atoms with Crippen molar-refractivity contribution in [2.75, 3.05) is 18.4 Å². The second kappa shape index (κ2) is 6.66. The summed E-state index contributed by atoms with van der Waals surface area (Å²) in [6, 6.07) is 8.15. The van der Waals surface area contributed by atoms with Crippen LogP contribution in [0.3, 0.4) is 0 Å². The standard InChI is InChI=1S/C16H15F2N5O/c17-14-13(20-16(24)12-4-2-1-3-5-12)15(18)23(21-14)9-11-6-7-22(8-11)10-19/h1-5,11H,6-9H2,(H,20,24)/t11-/m1/s1. The van der Waals surface area contributed by atoms with E-state index in [1.165, 1.54) is 0 Å². The molecule has 0 spiro atoms. The number of amides is 1. The molecule has 1 saturated heterocycles. The molecule has 1 aliphatic rings. The number of carbonyl (C=O) groups is 1. The molecule has 1 aromatic carbocycles. The van der Waals surface area contributed by atoms with Crippen LogP contribution in [-0.2, 0) is 6.54 Å². The zero-order valence-corrected chi connectivity index (χ0v) is 12.7. The van der Waals surface area contributed by atoms with Gasteiger partial charge in [-0.15, -0.1) is 5.10 Å². The number of hydrogen-bond donors (Lipinski definition) is 1. The Bertz CT molecular complexity index is 784. The first kappa shape index (κ1) is 15.9. The molecule has 3 rings (SSSR count). The molecule has 124 valence electrons. The first-order valence-electron chi connectivity index (χ1n) is 7.51. The average molecular weight is 331 g/mol. The zero-order valence-electron chi connectivity index (χ0n) is 12.7. The fourth-order valence-corrected chi connectivity index (χ4v) is 2.73. The van der Waals surface area contributed by atoms with Crippen LogP contribution in [-0.4, -0.2) is 33.7 Å². The molecule has 0 unspecified atom stereocenters. The lowest BCUT2D eigenvalue weighted by Crippen LogP contribution is -2.18. The quantitative estimate of drug-likeness (QED) is 0.872. The number of halogens is 2. The predicted molar refractivity (Wildman–Crippen MR) is 81.8 cm³/mol. The van der Waals surface area contributed by atoms with E-state index in [0.29, 0.717) is 25.1 Å². The van der Waals surface area contributed by atoms with Crippen LogP contribution in [0, 0.1) is 29.3 Å². The second-order valence-electron chi connectivity index (χ2n) is 5.66. The van der Waals surface area contributed by atoms with E-state index in [-0.39, 0.29) is 12.5 Å². The summed E-state index contributed by atoms with van der Waals surface area (Å²) in [5.74, 6) is -2.58. The molecule has 8 heteroatoms. The molecule has 1 aliphatic heterocycles. The summed E-state index contributed by atoms with van der Waals surface area (Å²) in [6.07, 6.45) is 2.74. The van der Waals surface area contributed by atoms with E-state index in [1.54, 1.807) is 35.2 Å². The first-order chi connectivity index (χ1) is 11.6. The summed E-state index contributed by atoms with van der Waals surface area (Å²) in [7, 11) is 0. The largest absolute Gasteiger partial charge is 0.314 e. The number of carbonyl (C=O) groups excluding carboxylic acids is 1. The lowest BCUT2D eigenvalue weighted by molar-refractivity contribution is 0.102. The molecule has 1 atom stereocenters. The third-order valence-corrected chi connectivity index (χ3v) is 3.98. The third-order valence-electron chi connectivity index (χ3n) is 3.98. The lowest BCUT2D eigenvalue weighted by Gasteiger charge is -2.10. The normalized spacial score (nSPS) is 16.9. The number of nitriles is 1. The molecule has 2 aromatic rings. The van der Waals surface area contributed by atoms with Crippen molar-refractivity contribution >= 4 is 11.6 Å². The van der Waals surface area contributed by atoms with Gasteiger partial charge >= 0.3 is 0 Å². The van der Waals surface area contributed by atoms with Crippen molar-refractivity contribution in [3.63, 3.8) is 0 Å². The van der Waals surface area contributed by atoms with Gasteiger partial charge in [0.05, 0.1) is 0 Å².